The van der Waals surface area contributed by atoms with Crippen molar-refractivity contribution in [1.82, 2.24) is 5.32 Å². The standard InChI is InChI=1S/C26H33N4O11P/c1-10-6-13-19-18(11(10)2)25(4,5)7-14-17(21(34)35)12(3)26(30(14)19)22(27-24(37)28-23(26)36)29(13)8-15(31)20(33)16(32)9-41-42(38,39)40/h6,14-16,20,31-33H,7-9H2,1-5H3,(H,34,35)(H,28,36,37)(H2,38,39,40)/t14-,15-,16+,20-,26-/m0/s1. The number of hydrogen-bond acceptors (Lipinski definition) is 10. The van der Waals surface area contributed by atoms with E-state index in [-0.39, 0.29) is 17.0 Å². The van der Waals surface area contributed by atoms with Crippen molar-refractivity contribution in [2.75, 3.05) is 23.0 Å². The predicted molar refractivity (Wildman–Crippen MR) is 147 cm³/mol. The first kappa shape index (κ1) is 30.3. The van der Waals surface area contributed by atoms with Gasteiger partial charge in [0.05, 0.1) is 36.1 Å². The van der Waals surface area contributed by atoms with Crippen LogP contribution in [0.4, 0.5) is 16.2 Å². The molecule has 3 amide bonds. The number of amides is 3. The summed E-state index contributed by atoms with van der Waals surface area (Å²) in [7, 11) is -4.99. The Bertz CT molecular complexity index is 1530. The highest BCUT2D eigenvalue weighted by molar-refractivity contribution is 7.46. The predicted octanol–water partition coefficient (Wildman–Crippen LogP) is -0.0265. The largest absolute Gasteiger partial charge is 0.478 e. The van der Waals surface area contributed by atoms with Crippen LogP contribution in [0.3, 0.4) is 0 Å². The smallest absolute Gasteiger partial charge is 0.469 e. The van der Waals surface area contributed by atoms with E-state index in [2.05, 4.69) is 14.8 Å². The lowest BCUT2D eigenvalue weighted by molar-refractivity contribution is -0.133. The number of carbonyl (C=O) groups excluding carboxylic acids is 2. The van der Waals surface area contributed by atoms with Gasteiger partial charge < -0.3 is 40.0 Å². The fraction of sp³-hybridized carbons (Fsp3) is 0.538. The van der Waals surface area contributed by atoms with Crippen molar-refractivity contribution in [3.63, 3.8) is 0 Å². The highest BCUT2D eigenvalue weighted by Gasteiger charge is 2.68. The van der Waals surface area contributed by atoms with Gasteiger partial charge in [0, 0.05) is 0 Å². The molecule has 0 aromatic heterocycles. The number of aryl methyl sites for hydroxylation is 1. The van der Waals surface area contributed by atoms with Crippen LogP contribution in [0.2, 0.25) is 0 Å². The number of phosphoric acid groups is 1. The number of aliphatic hydroxyl groups excluding tert-OH is 3. The normalized spacial score (nSPS) is 26.3. The monoisotopic (exact) mass is 608 g/mol. The van der Waals surface area contributed by atoms with Crippen molar-refractivity contribution in [2.45, 2.75) is 76.3 Å². The Morgan fingerprint density at radius 3 is 2.43 bits per heavy atom. The first-order chi connectivity index (χ1) is 19.3. The fourth-order valence-corrected chi connectivity index (χ4v) is 7.33. The van der Waals surface area contributed by atoms with E-state index in [0.29, 0.717) is 17.8 Å². The summed E-state index contributed by atoms with van der Waals surface area (Å²) in [6, 6.07) is -0.00987. The van der Waals surface area contributed by atoms with Crippen LogP contribution < -0.4 is 15.1 Å². The zero-order chi connectivity index (χ0) is 31.3. The van der Waals surface area contributed by atoms with Gasteiger partial charge in [0.15, 0.2) is 5.84 Å². The van der Waals surface area contributed by atoms with Crippen LogP contribution in [0.1, 0.15) is 43.9 Å². The second-order valence-electron chi connectivity index (χ2n) is 11.8. The van der Waals surface area contributed by atoms with Crippen LogP contribution in [-0.2, 0) is 24.1 Å². The highest BCUT2D eigenvalue weighted by Crippen LogP contribution is 2.60. The molecule has 1 spiro atoms. The highest BCUT2D eigenvalue weighted by atomic mass is 31.2. The van der Waals surface area contributed by atoms with E-state index >= 15 is 0 Å². The number of carboxylic acid groups (broad SMARTS) is 1. The third-order valence-electron chi connectivity index (χ3n) is 8.80. The minimum absolute atomic E-state index is 0.0115. The second kappa shape index (κ2) is 9.67. The molecule has 4 heterocycles. The first-order valence-corrected chi connectivity index (χ1v) is 14.7. The van der Waals surface area contributed by atoms with Gasteiger partial charge >= 0.3 is 19.8 Å². The molecule has 1 aromatic rings. The number of amidine groups is 1. The van der Waals surface area contributed by atoms with Crippen LogP contribution in [0.25, 0.3) is 0 Å². The van der Waals surface area contributed by atoms with Crippen molar-refractivity contribution < 1.29 is 53.7 Å². The summed E-state index contributed by atoms with van der Waals surface area (Å²) in [4.78, 5) is 64.3. The van der Waals surface area contributed by atoms with Gasteiger partial charge in [-0.2, -0.15) is 4.99 Å². The Balaban J connectivity index is 1.74. The molecule has 4 aliphatic heterocycles. The number of β-amino-alcohol motifs (C(OH)–C–C–N with tert-alkyl or cyclic N) is 1. The zero-order valence-corrected chi connectivity index (χ0v) is 24.4. The van der Waals surface area contributed by atoms with Crippen LogP contribution in [0.5, 0.6) is 0 Å². The summed E-state index contributed by atoms with van der Waals surface area (Å²) >= 11 is 0. The molecule has 1 aromatic carbocycles. The van der Waals surface area contributed by atoms with Crippen LogP contribution in [0.15, 0.2) is 22.2 Å². The van der Waals surface area contributed by atoms with Gasteiger partial charge in [-0.3, -0.25) is 14.6 Å². The number of nitrogens with zero attached hydrogens (tertiary/aromatic N) is 3. The van der Waals surface area contributed by atoms with Crippen molar-refractivity contribution in [3.8, 4) is 0 Å². The maximum absolute atomic E-state index is 13.9. The van der Waals surface area contributed by atoms with E-state index in [4.69, 9.17) is 9.79 Å². The summed E-state index contributed by atoms with van der Waals surface area (Å²) in [6.45, 7) is 7.68. The van der Waals surface area contributed by atoms with Crippen LogP contribution in [0, 0.1) is 13.8 Å². The van der Waals surface area contributed by atoms with Gasteiger partial charge in [0.2, 0.25) is 5.54 Å². The second-order valence-corrected chi connectivity index (χ2v) is 13.0. The topological polar surface area (TPSA) is 230 Å². The van der Waals surface area contributed by atoms with Gasteiger partial charge in [-0.05, 0) is 60.9 Å². The molecule has 16 heteroatoms. The number of rotatable bonds is 8. The molecule has 5 atom stereocenters. The molecule has 228 valence electrons. The molecule has 0 radical (unpaired) electrons. The number of phosphoric ester groups is 1. The number of nitrogens with one attached hydrogen (secondary N) is 1. The Morgan fingerprint density at radius 2 is 1.83 bits per heavy atom. The summed E-state index contributed by atoms with van der Waals surface area (Å²) in [5, 5.41) is 44.6. The molecule has 0 saturated carbocycles. The number of imide groups is 1. The molecule has 42 heavy (non-hydrogen) atoms. The lowest BCUT2D eigenvalue weighted by Crippen LogP contribution is -2.74. The number of carboxylic acids is 1. The lowest BCUT2D eigenvalue weighted by atomic mass is 9.69. The molecular weight excluding hydrogens is 575 g/mol. The van der Waals surface area contributed by atoms with Gasteiger partial charge in [-0.15, -0.1) is 0 Å². The number of carbonyl (C=O) groups is 3. The Hall–Kier alpha value is -3.17. The Kier molecular flexibility index (Phi) is 6.98. The Morgan fingerprint density at radius 1 is 1.19 bits per heavy atom. The summed E-state index contributed by atoms with van der Waals surface area (Å²) in [6.07, 6.45) is -5.39. The van der Waals surface area contributed by atoms with Crippen LogP contribution in [-0.4, -0.2) is 97.0 Å². The minimum atomic E-state index is -4.99. The van der Waals surface area contributed by atoms with Crippen molar-refractivity contribution >= 4 is 42.9 Å². The molecule has 0 aliphatic carbocycles. The molecule has 4 aliphatic rings. The van der Waals surface area contributed by atoms with E-state index < -0.39 is 74.2 Å². The molecule has 7 N–H and O–H groups in total. The lowest BCUT2D eigenvalue weighted by Gasteiger charge is -2.57. The number of hydrogen-bond donors (Lipinski definition) is 7. The zero-order valence-electron chi connectivity index (χ0n) is 23.5. The quantitative estimate of drug-likeness (QED) is 0.193. The molecular formula is C26H33N4O11P. The molecule has 5 rings (SSSR count). The van der Waals surface area contributed by atoms with Gasteiger partial charge in [-0.1, -0.05) is 13.8 Å². The molecule has 0 bridgehead atoms. The van der Waals surface area contributed by atoms with Crippen molar-refractivity contribution in [1.29, 1.82) is 0 Å². The third-order valence-corrected chi connectivity index (χ3v) is 9.29. The number of aliphatic imine (C=N–C) groups is 1. The average molecular weight is 609 g/mol. The average Bonchev–Trinajstić information content (AvgIpc) is 3.11. The fourth-order valence-electron chi connectivity index (χ4n) is 6.98. The number of aliphatic carboxylic acids is 1. The van der Waals surface area contributed by atoms with Crippen molar-refractivity contribution in [3.05, 3.63) is 33.9 Å². The third kappa shape index (κ3) is 4.22. The Labute approximate surface area is 240 Å². The van der Waals surface area contributed by atoms with E-state index in [9.17, 15) is 39.4 Å². The van der Waals surface area contributed by atoms with E-state index in [1.807, 2.05) is 27.7 Å². The summed E-state index contributed by atoms with van der Waals surface area (Å²) < 4.78 is 15.3. The van der Waals surface area contributed by atoms with Gasteiger partial charge in [-0.25, -0.2) is 14.2 Å². The van der Waals surface area contributed by atoms with Gasteiger partial charge in [0.1, 0.15) is 18.3 Å². The van der Waals surface area contributed by atoms with E-state index in [0.717, 1.165) is 16.7 Å². The SMILES string of the molecule is CC1=C(C(=O)O)[C@@H]2CC(C)(C)c3c(C)c(C)cc4c3N2[C@@]12C(=O)NC(=O)N=C2N4C[C@H](O)[C@H](O)[C@H](O)COP(=O)(O)O. The summed E-state index contributed by atoms with van der Waals surface area (Å²) in [5.74, 6) is -2.23. The van der Waals surface area contributed by atoms with Gasteiger partial charge in [0.25, 0.3) is 5.91 Å². The van der Waals surface area contributed by atoms with Crippen molar-refractivity contribution in [2.24, 2.45) is 4.99 Å². The molecule has 0 unspecified atom stereocenters. The molecule has 15 nitrogen and oxygen atoms in total. The molecule has 0 saturated heterocycles. The number of urea groups is 1. The van der Waals surface area contributed by atoms with Crippen LogP contribution >= 0.6 is 7.82 Å². The first-order valence-electron chi connectivity index (χ1n) is 13.2. The number of benzene rings is 1. The summed E-state index contributed by atoms with van der Waals surface area (Å²) in [5.41, 5.74) is 1.17. The molecule has 0 fully saturated rings. The number of aliphatic hydroxyl groups is 3. The van der Waals surface area contributed by atoms with E-state index in [1.54, 1.807) is 11.0 Å². The van der Waals surface area contributed by atoms with E-state index in [1.165, 1.54) is 11.8 Å². The maximum Gasteiger partial charge on any atom is 0.469 e. The minimum Gasteiger partial charge on any atom is -0.478 e. The number of anilines is 2. The maximum atomic E-state index is 13.9.